The van der Waals surface area contributed by atoms with Gasteiger partial charge in [0.2, 0.25) is 0 Å². The number of rotatable bonds is 3. The van der Waals surface area contributed by atoms with Crippen molar-refractivity contribution in [3.8, 4) is 0 Å². The number of aryl methyl sites for hydroxylation is 1. The van der Waals surface area contributed by atoms with Gasteiger partial charge in [0.1, 0.15) is 0 Å². The third-order valence-electron chi connectivity index (χ3n) is 3.47. The normalized spacial score (nSPS) is 10.7. The summed E-state index contributed by atoms with van der Waals surface area (Å²) >= 11 is 0. The van der Waals surface area contributed by atoms with Crippen LogP contribution in [0.5, 0.6) is 0 Å². The summed E-state index contributed by atoms with van der Waals surface area (Å²) in [6.45, 7) is 2.81. The summed E-state index contributed by atoms with van der Waals surface area (Å²) < 4.78 is 0. The molecule has 0 aliphatic rings. The van der Waals surface area contributed by atoms with E-state index in [-0.39, 0.29) is 0 Å². The van der Waals surface area contributed by atoms with Crippen molar-refractivity contribution in [1.29, 1.82) is 0 Å². The third-order valence-corrected chi connectivity index (χ3v) is 3.47. The molecule has 3 rings (SSSR count). The van der Waals surface area contributed by atoms with Crippen molar-refractivity contribution >= 4 is 22.1 Å². The second-order valence-corrected chi connectivity index (χ2v) is 4.78. The number of benzene rings is 1. The van der Waals surface area contributed by atoms with Crippen LogP contribution in [-0.4, -0.2) is 9.97 Å². The second kappa shape index (κ2) is 5.17. The van der Waals surface area contributed by atoms with E-state index in [4.69, 9.17) is 5.73 Å². The Morgan fingerprint density at radius 2 is 1.80 bits per heavy atom. The van der Waals surface area contributed by atoms with Gasteiger partial charge in [-0.05, 0) is 42.3 Å². The Bertz CT molecular complexity index is 752. The fraction of sp³-hybridized carbons (Fsp3) is 0.125. The molecule has 0 aliphatic heterocycles. The number of hydrogen-bond donors (Lipinski definition) is 2. The fourth-order valence-corrected chi connectivity index (χ4v) is 2.24. The van der Waals surface area contributed by atoms with Crippen LogP contribution >= 0.6 is 0 Å². The molecule has 0 unspecified atom stereocenters. The van der Waals surface area contributed by atoms with E-state index in [9.17, 15) is 0 Å². The lowest BCUT2D eigenvalue weighted by Crippen LogP contribution is -2.03. The predicted octanol–water partition coefficient (Wildman–Crippen LogP) is 3.13. The maximum Gasteiger partial charge on any atom is 0.0439 e. The van der Waals surface area contributed by atoms with Crippen molar-refractivity contribution in [2.24, 2.45) is 0 Å². The van der Waals surface area contributed by atoms with Crippen molar-refractivity contribution in [3.05, 3.63) is 60.2 Å². The number of aromatic nitrogens is 2. The highest BCUT2D eigenvalue weighted by molar-refractivity contribution is 6.00. The molecule has 0 bridgehead atoms. The van der Waals surface area contributed by atoms with E-state index in [1.807, 2.05) is 36.7 Å². The average Bonchev–Trinajstić information content (AvgIpc) is 2.48. The molecule has 0 radical (unpaired) electrons. The van der Waals surface area contributed by atoms with E-state index in [1.54, 1.807) is 12.4 Å². The molecule has 0 saturated carbocycles. The van der Waals surface area contributed by atoms with E-state index in [0.717, 1.165) is 28.7 Å². The van der Waals surface area contributed by atoms with Crippen LogP contribution in [-0.2, 0) is 6.54 Å². The van der Waals surface area contributed by atoms with Gasteiger partial charge in [-0.2, -0.15) is 0 Å². The quantitative estimate of drug-likeness (QED) is 0.713. The molecule has 0 spiro atoms. The number of hydrogen-bond acceptors (Lipinski definition) is 4. The fourth-order valence-electron chi connectivity index (χ4n) is 2.24. The Morgan fingerprint density at radius 3 is 2.65 bits per heavy atom. The van der Waals surface area contributed by atoms with Gasteiger partial charge in [0.05, 0.1) is 0 Å². The van der Waals surface area contributed by atoms with Crippen LogP contribution in [0.2, 0.25) is 0 Å². The van der Waals surface area contributed by atoms with Gasteiger partial charge < -0.3 is 11.1 Å². The van der Waals surface area contributed by atoms with Gasteiger partial charge in [-0.25, -0.2) is 0 Å². The molecular weight excluding hydrogens is 248 g/mol. The lowest BCUT2D eigenvalue weighted by molar-refractivity contribution is 1.08. The number of nitrogens with zero attached hydrogens (tertiary/aromatic N) is 2. The van der Waals surface area contributed by atoms with Gasteiger partial charge in [-0.1, -0.05) is 0 Å². The predicted molar refractivity (Wildman–Crippen MR) is 82.5 cm³/mol. The first-order valence-corrected chi connectivity index (χ1v) is 6.51. The summed E-state index contributed by atoms with van der Waals surface area (Å²) in [5.41, 5.74) is 10.2. The molecule has 3 N–H and O–H groups in total. The minimum absolute atomic E-state index is 0.730. The van der Waals surface area contributed by atoms with Gasteiger partial charge in [0, 0.05) is 53.5 Å². The number of pyridine rings is 2. The smallest absolute Gasteiger partial charge is 0.0439 e. The molecule has 20 heavy (non-hydrogen) atoms. The van der Waals surface area contributed by atoms with Crippen molar-refractivity contribution < 1.29 is 0 Å². The summed E-state index contributed by atoms with van der Waals surface area (Å²) in [5, 5.41) is 5.49. The zero-order valence-corrected chi connectivity index (χ0v) is 11.3. The summed E-state index contributed by atoms with van der Waals surface area (Å²) in [5.74, 6) is 0. The van der Waals surface area contributed by atoms with Gasteiger partial charge in [-0.3, -0.25) is 9.97 Å². The number of nitrogens with two attached hydrogens (primary N) is 1. The number of fused-ring (bicyclic) bond motifs is 1. The molecule has 0 atom stereocenters. The summed E-state index contributed by atoms with van der Waals surface area (Å²) in [6.07, 6.45) is 7.29. The SMILES string of the molecule is Cc1ccncc1CNc1ccc(N)c2ccncc12. The third kappa shape index (κ3) is 2.28. The van der Waals surface area contributed by atoms with Crippen LogP contribution < -0.4 is 11.1 Å². The van der Waals surface area contributed by atoms with Crippen LogP contribution in [0.4, 0.5) is 11.4 Å². The molecule has 0 aliphatic carbocycles. The second-order valence-electron chi connectivity index (χ2n) is 4.78. The monoisotopic (exact) mass is 264 g/mol. The molecule has 4 nitrogen and oxygen atoms in total. The highest BCUT2D eigenvalue weighted by Crippen LogP contribution is 2.27. The summed E-state index contributed by atoms with van der Waals surface area (Å²) in [6, 6.07) is 7.86. The van der Waals surface area contributed by atoms with Crippen LogP contribution in [0.15, 0.2) is 49.1 Å². The van der Waals surface area contributed by atoms with E-state index >= 15 is 0 Å². The number of anilines is 2. The molecular formula is C16H16N4. The highest BCUT2D eigenvalue weighted by atomic mass is 14.9. The Balaban J connectivity index is 1.92. The largest absolute Gasteiger partial charge is 0.398 e. The molecule has 2 heterocycles. The minimum Gasteiger partial charge on any atom is -0.398 e. The Labute approximate surface area is 117 Å². The van der Waals surface area contributed by atoms with Crippen LogP contribution in [0.1, 0.15) is 11.1 Å². The van der Waals surface area contributed by atoms with Gasteiger partial charge in [0.15, 0.2) is 0 Å². The van der Waals surface area contributed by atoms with Crippen LogP contribution in [0.25, 0.3) is 10.8 Å². The topological polar surface area (TPSA) is 63.8 Å². The molecule has 0 amide bonds. The standard InChI is InChI=1S/C16H16N4/c1-11-4-6-18-8-12(11)9-20-16-3-2-15(17)13-5-7-19-10-14(13)16/h2-8,10,20H,9,17H2,1H3. The van der Waals surface area contributed by atoms with Gasteiger partial charge >= 0.3 is 0 Å². The lowest BCUT2D eigenvalue weighted by Gasteiger charge is -2.12. The van der Waals surface area contributed by atoms with E-state index in [2.05, 4.69) is 22.2 Å². The lowest BCUT2D eigenvalue weighted by atomic mass is 10.1. The van der Waals surface area contributed by atoms with Crippen LogP contribution in [0.3, 0.4) is 0 Å². The maximum absolute atomic E-state index is 5.99. The molecule has 0 saturated heterocycles. The van der Waals surface area contributed by atoms with Crippen LogP contribution in [0, 0.1) is 6.92 Å². The van der Waals surface area contributed by atoms with Crippen molar-refractivity contribution in [3.63, 3.8) is 0 Å². The van der Waals surface area contributed by atoms with E-state index in [0.29, 0.717) is 0 Å². The van der Waals surface area contributed by atoms with Gasteiger partial charge in [0.25, 0.3) is 0 Å². The summed E-state index contributed by atoms with van der Waals surface area (Å²) in [7, 11) is 0. The Kier molecular flexibility index (Phi) is 3.21. The molecule has 100 valence electrons. The minimum atomic E-state index is 0.730. The number of nitrogens with one attached hydrogen (secondary N) is 1. The van der Waals surface area contributed by atoms with Crippen molar-refractivity contribution in [2.75, 3.05) is 11.1 Å². The zero-order valence-electron chi connectivity index (χ0n) is 11.3. The highest BCUT2D eigenvalue weighted by Gasteiger charge is 2.04. The molecule has 2 aromatic heterocycles. The first kappa shape index (κ1) is 12.4. The van der Waals surface area contributed by atoms with Crippen molar-refractivity contribution in [1.82, 2.24) is 9.97 Å². The Morgan fingerprint density at radius 1 is 1.00 bits per heavy atom. The van der Waals surface area contributed by atoms with Crippen molar-refractivity contribution in [2.45, 2.75) is 13.5 Å². The molecule has 0 fully saturated rings. The molecule has 4 heteroatoms. The Hall–Kier alpha value is -2.62. The number of nitrogen functional groups attached to an aromatic ring is 1. The average molecular weight is 264 g/mol. The zero-order chi connectivity index (χ0) is 13.9. The molecule has 1 aromatic carbocycles. The first-order valence-electron chi connectivity index (χ1n) is 6.51. The van der Waals surface area contributed by atoms with E-state index in [1.165, 1.54) is 11.1 Å². The maximum atomic E-state index is 5.99. The van der Waals surface area contributed by atoms with E-state index < -0.39 is 0 Å². The molecule has 3 aromatic rings. The first-order chi connectivity index (χ1) is 9.75. The summed E-state index contributed by atoms with van der Waals surface area (Å²) in [4.78, 5) is 8.34. The van der Waals surface area contributed by atoms with Gasteiger partial charge in [-0.15, -0.1) is 0 Å².